The Labute approximate surface area is 183 Å². The van der Waals surface area contributed by atoms with Gasteiger partial charge in [-0.2, -0.15) is 4.98 Å². The first-order chi connectivity index (χ1) is 15.8. The maximum atomic E-state index is 12.9. The fourth-order valence-corrected chi connectivity index (χ4v) is 3.20. The molecule has 0 bridgehead atoms. The number of oxazole rings is 1. The largest absolute Gasteiger partial charge is 0.436 e. The summed E-state index contributed by atoms with van der Waals surface area (Å²) in [6.45, 7) is 0.0894. The molecular weight excluding hydrogens is 406 g/mol. The Bertz CT molecular complexity index is 1350. The van der Waals surface area contributed by atoms with Crippen LogP contribution in [0.2, 0.25) is 0 Å². The van der Waals surface area contributed by atoms with Crippen LogP contribution in [0.4, 0.5) is 0 Å². The van der Waals surface area contributed by atoms with Gasteiger partial charge in [0, 0.05) is 29.1 Å². The van der Waals surface area contributed by atoms with Crippen molar-refractivity contribution in [2.24, 2.45) is 0 Å². The van der Waals surface area contributed by atoms with Crippen LogP contribution in [0.1, 0.15) is 16.2 Å². The van der Waals surface area contributed by atoms with Gasteiger partial charge in [-0.25, -0.2) is 4.98 Å². The highest BCUT2D eigenvalue weighted by atomic mass is 16.5. The van der Waals surface area contributed by atoms with E-state index in [0.717, 1.165) is 11.1 Å². The summed E-state index contributed by atoms with van der Waals surface area (Å²) in [5.41, 5.74) is 2.72. The van der Waals surface area contributed by atoms with Crippen LogP contribution in [0.5, 0.6) is 0 Å². The highest BCUT2D eigenvalue weighted by Gasteiger charge is 2.18. The third kappa shape index (κ3) is 4.01. The Hall–Kier alpha value is -4.59. The first kappa shape index (κ1) is 19.4. The maximum Gasteiger partial charge on any atom is 0.252 e. The second kappa shape index (κ2) is 8.65. The summed E-state index contributed by atoms with van der Waals surface area (Å²) in [5, 5.41) is 6.76. The fraction of sp³-hybridized carbons (Fsp3) is 0.0417. The topological polar surface area (TPSA) is 107 Å². The van der Waals surface area contributed by atoms with Crippen LogP contribution >= 0.6 is 0 Å². The minimum Gasteiger partial charge on any atom is -0.436 e. The number of rotatable bonds is 6. The molecule has 5 rings (SSSR count). The van der Waals surface area contributed by atoms with Crippen molar-refractivity contribution in [3.63, 3.8) is 0 Å². The number of nitrogens with zero attached hydrogens (tertiary/aromatic N) is 4. The van der Waals surface area contributed by atoms with Gasteiger partial charge in [-0.1, -0.05) is 47.6 Å². The molecule has 0 spiro atoms. The predicted molar refractivity (Wildman–Crippen MR) is 116 cm³/mol. The SMILES string of the molecule is O=C(NCc1nc(-c2ccncc2)no1)c1ccccc1-c1ncc(-c2ccccc2)o1. The molecule has 8 heteroatoms. The zero-order valence-electron chi connectivity index (χ0n) is 16.8. The lowest BCUT2D eigenvalue weighted by Gasteiger charge is -2.06. The third-order valence-electron chi connectivity index (χ3n) is 4.77. The zero-order valence-corrected chi connectivity index (χ0v) is 16.8. The van der Waals surface area contributed by atoms with Crippen molar-refractivity contribution in [2.45, 2.75) is 6.54 Å². The molecular formula is C24H17N5O3. The monoisotopic (exact) mass is 423 g/mol. The molecule has 1 amide bonds. The van der Waals surface area contributed by atoms with Gasteiger partial charge < -0.3 is 14.3 Å². The van der Waals surface area contributed by atoms with E-state index in [1.807, 2.05) is 36.4 Å². The molecule has 0 aliphatic rings. The van der Waals surface area contributed by atoms with Crippen LogP contribution in [-0.4, -0.2) is 26.0 Å². The quantitative estimate of drug-likeness (QED) is 0.432. The minimum absolute atomic E-state index is 0.0894. The first-order valence-corrected chi connectivity index (χ1v) is 9.90. The van der Waals surface area contributed by atoms with Crippen molar-refractivity contribution >= 4 is 5.91 Å². The molecule has 3 aromatic heterocycles. The number of pyridine rings is 1. The predicted octanol–water partition coefficient (Wildman–Crippen LogP) is 4.38. The number of carbonyl (C=O) groups excluding carboxylic acids is 1. The Balaban J connectivity index is 1.33. The number of benzene rings is 2. The standard InChI is InChI=1S/C24H17N5O3/c30-23(26-15-21-28-22(29-32-21)17-10-12-25-13-11-17)18-8-4-5-9-19(18)24-27-14-20(31-24)16-6-2-1-3-7-16/h1-14H,15H2,(H,26,30). The van der Waals surface area contributed by atoms with Crippen LogP contribution in [-0.2, 0) is 6.54 Å². The van der Waals surface area contributed by atoms with E-state index in [9.17, 15) is 4.79 Å². The van der Waals surface area contributed by atoms with Crippen molar-refractivity contribution < 1.29 is 13.7 Å². The fourth-order valence-electron chi connectivity index (χ4n) is 3.20. The molecule has 1 N–H and O–H groups in total. The van der Waals surface area contributed by atoms with Crippen LogP contribution in [0.3, 0.4) is 0 Å². The van der Waals surface area contributed by atoms with Crippen molar-refractivity contribution in [1.29, 1.82) is 0 Å². The lowest BCUT2D eigenvalue weighted by molar-refractivity contribution is 0.0946. The smallest absolute Gasteiger partial charge is 0.252 e. The van der Waals surface area contributed by atoms with E-state index >= 15 is 0 Å². The number of carbonyl (C=O) groups is 1. The maximum absolute atomic E-state index is 12.9. The third-order valence-corrected chi connectivity index (χ3v) is 4.77. The Kier molecular flexibility index (Phi) is 5.24. The number of aromatic nitrogens is 4. The number of amides is 1. The molecule has 0 saturated heterocycles. The van der Waals surface area contributed by atoms with Gasteiger partial charge in [0.15, 0.2) is 5.76 Å². The highest BCUT2D eigenvalue weighted by Crippen LogP contribution is 2.28. The van der Waals surface area contributed by atoms with Crippen LogP contribution in [0, 0.1) is 0 Å². The molecule has 32 heavy (non-hydrogen) atoms. The molecule has 0 atom stereocenters. The molecule has 156 valence electrons. The van der Waals surface area contributed by atoms with E-state index in [4.69, 9.17) is 8.94 Å². The van der Waals surface area contributed by atoms with Crippen LogP contribution in [0.15, 0.2) is 94.3 Å². The minimum atomic E-state index is -0.302. The summed E-state index contributed by atoms with van der Waals surface area (Å²) < 4.78 is 11.2. The van der Waals surface area contributed by atoms with E-state index in [1.54, 1.807) is 48.9 Å². The average molecular weight is 423 g/mol. The van der Waals surface area contributed by atoms with Gasteiger partial charge in [-0.05, 0) is 24.3 Å². The van der Waals surface area contributed by atoms with Gasteiger partial charge >= 0.3 is 0 Å². The molecule has 0 fully saturated rings. The van der Waals surface area contributed by atoms with Gasteiger partial charge in [0.1, 0.15) is 0 Å². The molecule has 5 aromatic rings. The summed E-state index contributed by atoms with van der Waals surface area (Å²) >= 11 is 0. The molecule has 0 aliphatic carbocycles. The summed E-state index contributed by atoms with van der Waals surface area (Å²) in [5.74, 6) is 1.43. The normalized spacial score (nSPS) is 10.8. The Morgan fingerprint density at radius 2 is 1.69 bits per heavy atom. The van der Waals surface area contributed by atoms with Gasteiger partial charge in [-0.15, -0.1) is 0 Å². The average Bonchev–Trinajstić information content (AvgIpc) is 3.54. The molecule has 8 nitrogen and oxygen atoms in total. The van der Waals surface area contributed by atoms with Crippen LogP contribution < -0.4 is 5.32 Å². The van der Waals surface area contributed by atoms with E-state index in [0.29, 0.717) is 34.5 Å². The molecule has 0 radical (unpaired) electrons. The second-order valence-corrected chi connectivity index (χ2v) is 6.87. The van der Waals surface area contributed by atoms with E-state index in [2.05, 4.69) is 25.4 Å². The summed E-state index contributed by atoms with van der Waals surface area (Å²) in [6.07, 6.45) is 4.95. The van der Waals surface area contributed by atoms with Crippen molar-refractivity contribution in [2.75, 3.05) is 0 Å². The summed E-state index contributed by atoms with van der Waals surface area (Å²) in [7, 11) is 0. The van der Waals surface area contributed by atoms with E-state index < -0.39 is 0 Å². The van der Waals surface area contributed by atoms with Gasteiger partial charge in [0.25, 0.3) is 5.91 Å². The van der Waals surface area contributed by atoms with Gasteiger partial charge in [-0.3, -0.25) is 9.78 Å². The molecule has 0 aliphatic heterocycles. The van der Waals surface area contributed by atoms with Gasteiger partial charge in [0.05, 0.1) is 18.3 Å². The number of nitrogens with one attached hydrogen (secondary N) is 1. The molecule has 3 heterocycles. The van der Waals surface area contributed by atoms with E-state index in [-0.39, 0.29) is 12.5 Å². The Morgan fingerprint density at radius 1 is 0.906 bits per heavy atom. The number of hydrogen-bond acceptors (Lipinski definition) is 7. The molecule has 0 saturated carbocycles. The lowest BCUT2D eigenvalue weighted by Crippen LogP contribution is -2.23. The van der Waals surface area contributed by atoms with Crippen molar-refractivity contribution in [1.82, 2.24) is 25.4 Å². The van der Waals surface area contributed by atoms with E-state index in [1.165, 1.54) is 0 Å². The second-order valence-electron chi connectivity index (χ2n) is 6.87. The Morgan fingerprint density at radius 3 is 2.53 bits per heavy atom. The summed E-state index contributed by atoms with van der Waals surface area (Å²) in [4.78, 5) is 25.5. The van der Waals surface area contributed by atoms with Crippen molar-refractivity contribution in [3.05, 3.63) is 96.8 Å². The molecule has 0 unspecified atom stereocenters. The van der Waals surface area contributed by atoms with Gasteiger partial charge in [0.2, 0.25) is 17.6 Å². The van der Waals surface area contributed by atoms with Crippen molar-refractivity contribution in [3.8, 4) is 34.2 Å². The molecule has 2 aromatic carbocycles. The highest BCUT2D eigenvalue weighted by molar-refractivity contribution is 5.99. The summed E-state index contributed by atoms with van der Waals surface area (Å²) in [6, 6.07) is 20.4. The van der Waals surface area contributed by atoms with Crippen LogP contribution in [0.25, 0.3) is 34.2 Å². The lowest BCUT2D eigenvalue weighted by atomic mass is 10.1. The zero-order chi connectivity index (χ0) is 21.8. The first-order valence-electron chi connectivity index (χ1n) is 9.90. The number of hydrogen-bond donors (Lipinski definition) is 1.